The maximum absolute atomic E-state index is 13.2. The number of guanidine groups is 1. The lowest BCUT2D eigenvalue weighted by molar-refractivity contribution is -0.146. The minimum absolute atomic E-state index is 0.0813. The summed E-state index contributed by atoms with van der Waals surface area (Å²) in [5.41, 5.74) is 1.22. The Morgan fingerprint density at radius 3 is 1.91 bits per heavy atom. The maximum atomic E-state index is 13.2. The molecule has 2 aromatic rings. The zero-order valence-corrected chi connectivity index (χ0v) is 32.5. The fourth-order valence-electron chi connectivity index (χ4n) is 5.26. The van der Waals surface area contributed by atoms with Crippen molar-refractivity contribution in [1.82, 2.24) is 31.5 Å². The van der Waals surface area contributed by atoms with Crippen LogP contribution in [0.3, 0.4) is 0 Å². The van der Waals surface area contributed by atoms with Crippen LogP contribution in [0.1, 0.15) is 83.8 Å². The van der Waals surface area contributed by atoms with Gasteiger partial charge in [-0.2, -0.15) is 0 Å². The number of nitrogens with zero attached hydrogens (tertiary/aromatic N) is 2. The van der Waals surface area contributed by atoms with E-state index in [1.165, 1.54) is 0 Å². The summed E-state index contributed by atoms with van der Waals surface area (Å²) in [6, 6.07) is 19.1. The molecule has 0 saturated carbocycles. The van der Waals surface area contributed by atoms with Crippen LogP contribution < -0.4 is 26.6 Å². The molecular weight excluding hydrogens is 710 g/mol. The standard InChI is InChI=1S/C39H59N7O9/c1-29(43-36(49)50)21-26-46(27-30-17-9-7-10-18-30)25-16-15-23-41-34(48)32(54-28-31-19-11-8-12-20-31)33(47)40-22-13-5-6-14-24-42-35(44-37(51)52)45-38(53)55-39(2,3)4/h7-12,17-20,29,32,43H,5-6,13-16,21-28H2,1-4H3,(H,40,47)(H,41,48)(H,49,50)(H,51,52)(H2,42,44,45,53). The number of amides is 5. The Labute approximate surface area is 323 Å². The summed E-state index contributed by atoms with van der Waals surface area (Å²) < 4.78 is 11.0. The van der Waals surface area contributed by atoms with E-state index < -0.39 is 41.8 Å². The maximum Gasteiger partial charge on any atom is 0.414 e. The van der Waals surface area contributed by atoms with Crippen molar-refractivity contribution in [2.45, 2.75) is 104 Å². The molecule has 0 saturated heterocycles. The Kier molecular flexibility index (Phi) is 21.5. The van der Waals surface area contributed by atoms with Gasteiger partial charge in [0.05, 0.1) is 6.61 Å². The van der Waals surface area contributed by atoms with Gasteiger partial charge in [-0.15, -0.1) is 0 Å². The summed E-state index contributed by atoms with van der Waals surface area (Å²) in [5, 5.41) is 30.6. The Hall–Kier alpha value is -5.22. The summed E-state index contributed by atoms with van der Waals surface area (Å²) >= 11 is 0. The van der Waals surface area contributed by atoms with Gasteiger partial charge in [0.2, 0.25) is 12.1 Å². The lowest BCUT2D eigenvalue weighted by Gasteiger charge is -2.24. The molecule has 55 heavy (non-hydrogen) atoms. The normalized spacial score (nSPS) is 12.6. The van der Waals surface area contributed by atoms with Crippen LogP contribution >= 0.6 is 0 Å². The highest BCUT2D eigenvalue weighted by atomic mass is 16.6. The van der Waals surface area contributed by atoms with Crippen LogP contribution in [-0.4, -0.2) is 102 Å². The van der Waals surface area contributed by atoms with E-state index in [2.05, 4.69) is 43.3 Å². The smallest absolute Gasteiger partial charge is 0.414 e. The first-order valence-electron chi connectivity index (χ1n) is 18.7. The molecule has 0 heterocycles. The topological polar surface area (TPSA) is 220 Å². The minimum atomic E-state index is -1.37. The Morgan fingerprint density at radius 2 is 1.33 bits per heavy atom. The Bertz CT molecular complexity index is 1490. The summed E-state index contributed by atoms with van der Waals surface area (Å²) in [7, 11) is 0. The molecule has 2 rings (SSSR count). The fraction of sp³-hybridized carbons (Fsp3) is 0.538. The van der Waals surface area contributed by atoms with Crippen molar-refractivity contribution >= 4 is 36.1 Å². The SMILES string of the molecule is CC(CCN(CCCCNC(=O)C(OCc1ccccc1)C(=O)NCCCCCCN=C(NC(=O)O)NC(=O)OC(C)(C)C)Cc1ccccc1)NC(=O)O. The second-order valence-electron chi connectivity index (χ2n) is 14.1. The number of carboxylic acid groups (broad SMARTS) is 2. The van der Waals surface area contributed by atoms with Crippen LogP contribution in [0, 0.1) is 0 Å². The van der Waals surface area contributed by atoms with Gasteiger partial charge in [0.15, 0.2) is 0 Å². The quantitative estimate of drug-likeness (QED) is 0.0353. The van der Waals surface area contributed by atoms with Crippen molar-refractivity contribution in [1.29, 1.82) is 0 Å². The van der Waals surface area contributed by atoms with E-state index in [1.54, 1.807) is 20.8 Å². The van der Waals surface area contributed by atoms with Gasteiger partial charge in [0, 0.05) is 38.8 Å². The highest BCUT2D eigenvalue weighted by molar-refractivity contribution is 6.03. The highest BCUT2D eigenvalue weighted by Gasteiger charge is 2.27. The number of alkyl carbamates (subject to hydrolysis) is 1. The lowest BCUT2D eigenvalue weighted by atomic mass is 10.1. The predicted molar refractivity (Wildman–Crippen MR) is 209 cm³/mol. The summed E-state index contributed by atoms with van der Waals surface area (Å²) in [5.74, 6) is -1.28. The largest absolute Gasteiger partial charge is 0.465 e. The second kappa shape index (κ2) is 25.7. The van der Waals surface area contributed by atoms with E-state index in [0.29, 0.717) is 45.3 Å². The highest BCUT2D eigenvalue weighted by Crippen LogP contribution is 2.10. The van der Waals surface area contributed by atoms with Crippen molar-refractivity contribution in [3.05, 3.63) is 71.8 Å². The third kappa shape index (κ3) is 22.6. The van der Waals surface area contributed by atoms with Gasteiger partial charge in [-0.25, -0.2) is 14.4 Å². The van der Waals surface area contributed by atoms with Gasteiger partial charge in [-0.05, 0) is 77.5 Å². The van der Waals surface area contributed by atoms with E-state index in [-0.39, 0.29) is 25.2 Å². The number of benzene rings is 2. The molecule has 0 radical (unpaired) electrons. The van der Waals surface area contributed by atoms with Gasteiger partial charge in [-0.3, -0.25) is 30.1 Å². The number of nitrogens with one attached hydrogen (secondary N) is 5. The molecule has 304 valence electrons. The van der Waals surface area contributed by atoms with Crippen molar-refractivity contribution in [2.24, 2.45) is 4.99 Å². The Morgan fingerprint density at radius 1 is 0.745 bits per heavy atom. The number of carbonyl (C=O) groups is 5. The predicted octanol–water partition coefficient (Wildman–Crippen LogP) is 4.84. The summed E-state index contributed by atoms with van der Waals surface area (Å²) in [6.07, 6.45) is 0.199. The van der Waals surface area contributed by atoms with Crippen molar-refractivity contribution in [2.75, 3.05) is 32.7 Å². The van der Waals surface area contributed by atoms with Crippen LogP contribution in [0.25, 0.3) is 0 Å². The summed E-state index contributed by atoms with van der Waals surface area (Å²) in [4.78, 5) is 66.9. The number of hydrogen-bond acceptors (Lipinski definition) is 9. The molecule has 0 aliphatic rings. The molecule has 0 bridgehead atoms. The zero-order valence-electron chi connectivity index (χ0n) is 32.5. The van der Waals surface area contributed by atoms with Gasteiger partial charge in [0.1, 0.15) is 5.60 Å². The van der Waals surface area contributed by atoms with Gasteiger partial charge in [0.25, 0.3) is 11.8 Å². The monoisotopic (exact) mass is 769 g/mol. The van der Waals surface area contributed by atoms with E-state index in [9.17, 15) is 24.0 Å². The number of ether oxygens (including phenoxy) is 2. The minimum Gasteiger partial charge on any atom is -0.465 e. The molecule has 2 unspecified atom stereocenters. The second-order valence-corrected chi connectivity index (χ2v) is 14.1. The molecule has 7 N–H and O–H groups in total. The molecular formula is C39H59N7O9. The van der Waals surface area contributed by atoms with Crippen LogP contribution in [0.5, 0.6) is 0 Å². The number of aliphatic imine (C=N–C) groups is 1. The molecule has 0 fully saturated rings. The van der Waals surface area contributed by atoms with E-state index >= 15 is 0 Å². The third-order valence-electron chi connectivity index (χ3n) is 7.93. The van der Waals surface area contributed by atoms with Gasteiger partial charge in [-0.1, -0.05) is 73.5 Å². The van der Waals surface area contributed by atoms with Gasteiger partial charge >= 0.3 is 18.3 Å². The summed E-state index contributed by atoms with van der Waals surface area (Å²) in [6.45, 7) is 10.1. The van der Waals surface area contributed by atoms with E-state index in [0.717, 1.165) is 43.5 Å². The van der Waals surface area contributed by atoms with Gasteiger partial charge < -0.3 is 35.6 Å². The van der Waals surface area contributed by atoms with Crippen molar-refractivity contribution in [3.8, 4) is 0 Å². The number of carbonyl (C=O) groups excluding carboxylic acids is 3. The Balaban J connectivity index is 1.83. The van der Waals surface area contributed by atoms with Crippen LogP contribution in [0.15, 0.2) is 65.7 Å². The molecule has 0 aliphatic carbocycles. The van der Waals surface area contributed by atoms with Crippen molar-refractivity contribution < 1.29 is 43.7 Å². The molecule has 0 aromatic heterocycles. The first-order chi connectivity index (χ1) is 26.2. The first-order valence-corrected chi connectivity index (χ1v) is 18.7. The van der Waals surface area contributed by atoms with E-state index in [1.807, 2.05) is 60.8 Å². The number of unbranched alkanes of at least 4 members (excludes halogenated alkanes) is 4. The number of hydrogen-bond donors (Lipinski definition) is 7. The van der Waals surface area contributed by atoms with Crippen LogP contribution in [0.4, 0.5) is 14.4 Å². The van der Waals surface area contributed by atoms with Crippen LogP contribution in [0.2, 0.25) is 0 Å². The third-order valence-corrected chi connectivity index (χ3v) is 7.93. The first kappa shape index (κ1) is 45.9. The molecule has 2 aromatic carbocycles. The molecule has 16 heteroatoms. The average molecular weight is 770 g/mol. The van der Waals surface area contributed by atoms with Crippen molar-refractivity contribution in [3.63, 3.8) is 0 Å². The molecule has 16 nitrogen and oxygen atoms in total. The molecule has 0 aliphatic heterocycles. The number of rotatable bonds is 23. The molecule has 2 atom stereocenters. The average Bonchev–Trinajstić information content (AvgIpc) is 3.11. The molecule has 0 spiro atoms. The van der Waals surface area contributed by atoms with Crippen LogP contribution in [-0.2, 0) is 32.2 Å². The zero-order chi connectivity index (χ0) is 40.5. The lowest BCUT2D eigenvalue weighted by Crippen LogP contribution is -2.47. The fourth-order valence-corrected chi connectivity index (χ4v) is 5.26. The molecule has 5 amide bonds. The van der Waals surface area contributed by atoms with E-state index in [4.69, 9.17) is 19.7 Å².